The van der Waals surface area contributed by atoms with Crippen LogP contribution in [0.25, 0.3) is 11.1 Å². The number of pyridine rings is 1. The molecule has 1 aromatic heterocycles. The first-order chi connectivity index (χ1) is 14.6. The molecular formula is C25H20N2O3. The van der Waals surface area contributed by atoms with Crippen molar-refractivity contribution in [2.24, 2.45) is 0 Å². The minimum absolute atomic E-state index is 0.0228. The van der Waals surface area contributed by atoms with Crippen LogP contribution in [-0.4, -0.2) is 30.0 Å². The van der Waals surface area contributed by atoms with Crippen molar-refractivity contribution in [3.63, 3.8) is 0 Å². The summed E-state index contributed by atoms with van der Waals surface area (Å²) in [4.78, 5) is 27.5. The molecule has 0 aliphatic heterocycles. The number of nitrogens with one attached hydrogen (secondary N) is 1. The summed E-state index contributed by atoms with van der Waals surface area (Å²) >= 11 is 0. The summed E-state index contributed by atoms with van der Waals surface area (Å²) < 4.78 is 5.47. The molecule has 148 valence electrons. The first kappa shape index (κ1) is 19.4. The van der Waals surface area contributed by atoms with Crippen LogP contribution in [-0.2, 0) is 4.74 Å². The van der Waals surface area contributed by atoms with Gasteiger partial charge in [-0.05, 0) is 35.2 Å². The largest absolute Gasteiger partial charge is 0.449 e. The van der Waals surface area contributed by atoms with Gasteiger partial charge in [0.2, 0.25) is 0 Å². The molecule has 0 bridgehead atoms. The minimum atomic E-state index is -0.512. The van der Waals surface area contributed by atoms with E-state index in [0.717, 1.165) is 0 Å². The summed E-state index contributed by atoms with van der Waals surface area (Å²) in [5.41, 5.74) is 5.85. The van der Waals surface area contributed by atoms with Gasteiger partial charge in [0.15, 0.2) is 5.78 Å². The predicted octanol–water partition coefficient (Wildman–Crippen LogP) is 4.17. The molecule has 1 aliphatic carbocycles. The molecule has 5 nitrogen and oxygen atoms in total. The molecule has 0 saturated heterocycles. The van der Waals surface area contributed by atoms with E-state index in [9.17, 15) is 9.59 Å². The van der Waals surface area contributed by atoms with Crippen LogP contribution in [0.2, 0.25) is 0 Å². The van der Waals surface area contributed by atoms with Crippen LogP contribution in [0.3, 0.4) is 0 Å². The fraction of sp³-hybridized carbons (Fsp3) is 0.160. The second-order valence-corrected chi connectivity index (χ2v) is 7.00. The number of Topliss-reactive ketones (excluding diaryl/α,β-unsaturated/α-hetero) is 1. The van der Waals surface area contributed by atoms with Gasteiger partial charge in [0, 0.05) is 29.4 Å². The molecule has 2 aromatic carbocycles. The first-order valence-corrected chi connectivity index (χ1v) is 9.67. The molecule has 0 unspecified atom stereocenters. The van der Waals surface area contributed by atoms with Crippen molar-refractivity contribution in [1.29, 1.82) is 0 Å². The highest BCUT2D eigenvalue weighted by Crippen LogP contribution is 2.44. The van der Waals surface area contributed by atoms with Crippen LogP contribution in [0.15, 0.2) is 67.0 Å². The highest BCUT2D eigenvalue weighted by molar-refractivity contribution is 5.94. The van der Waals surface area contributed by atoms with E-state index in [4.69, 9.17) is 4.74 Å². The summed E-state index contributed by atoms with van der Waals surface area (Å²) in [5, 5.41) is 2.64. The van der Waals surface area contributed by atoms with Crippen molar-refractivity contribution in [2.75, 3.05) is 13.2 Å². The Bertz CT molecular complexity index is 1130. The molecule has 1 amide bonds. The number of nitrogens with zero attached hydrogens (tertiary/aromatic N) is 1. The van der Waals surface area contributed by atoms with Gasteiger partial charge in [-0.15, -0.1) is 0 Å². The van der Waals surface area contributed by atoms with Crippen molar-refractivity contribution in [3.05, 3.63) is 89.2 Å². The maximum Gasteiger partial charge on any atom is 0.407 e. The van der Waals surface area contributed by atoms with Crippen molar-refractivity contribution < 1.29 is 14.3 Å². The van der Waals surface area contributed by atoms with Gasteiger partial charge in [0.05, 0.1) is 6.54 Å². The number of alkyl carbamates (subject to hydrolysis) is 1. The third kappa shape index (κ3) is 4.08. The SMILES string of the molecule is CC(=O)c1cncc(C#CCNC(=O)OCC2c3ccccc3-c3ccccc32)c1. The maximum atomic E-state index is 12.1. The Kier molecular flexibility index (Phi) is 5.58. The molecule has 1 aliphatic rings. The second-order valence-electron chi connectivity index (χ2n) is 7.00. The van der Waals surface area contributed by atoms with Gasteiger partial charge in [-0.1, -0.05) is 60.4 Å². The van der Waals surface area contributed by atoms with Crippen LogP contribution in [0, 0.1) is 11.8 Å². The second kappa shape index (κ2) is 8.62. The quantitative estimate of drug-likeness (QED) is 0.531. The van der Waals surface area contributed by atoms with Crippen LogP contribution < -0.4 is 5.32 Å². The van der Waals surface area contributed by atoms with E-state index in [1.165, 1.54) is 35.4 Å². The fourth-order valence-electron chi connectivity index (χ4n) is 3.61. The lowest BCUT2D eigenvalue weighted by Gasteiger charge is -2.14. The predicted molar refractivity (Wildman–Crippen MR) is 114 cm³/mol. The number of benzene rings is 2. The fourth-order valence-corrected chi connectivity index (χ4v) is 3.61. The molecule has 4 rings (SSSR count). The first-order valence-electron chi connectivity index (χ1n) is 9.67. The average Bonchev–Trinajstić information content (AvgIpc) is 3.09. The van der Waals surface area contributed by atoms with Crippen LogP contribution in [0.4, 0.5) is 4.79 Å². The smallest absolute Gasteiger partial charge is 0.407 e. The van der Waals surface area contributed by atoms with Gasteiger partial charge in [-0.3, -0.25) is 9.78 Å². The van der Waals surface area contributed by atoms with Crippen LogP contribution >= 0.6 is 0 Å². The Morgan fingerprint density at radius 1 is 1.03 bits per heavy atom. The van der Waals surface area contributed by atoms with E-state index >= 15 is 0 Å². The standard InChI is InChI=1S/C25H20N2O3/c1-17(28)19-13-18(14-26-15-19)7-6-12-27-25(29)30-16-24-22-10-4-2-8-20(22)21-9-3-5-11-23(21)24/h2-5,8-11,13-15,24H,12,16H2,1H3,(H,27,29). The minimum Gasteiger partial charge on any atom is -0.449 e. The van der Waals surface area contributed by atoms with Gasteiger partial charge >= 0.3 is 6.09 Å². The van der Waals surface area contributed by atoms with E-state index in [0.29, 0.717) is 11.1 Å². The van der Waals surface area contributed by atoms with Crippen LogP contribution in [0.5, 0.6) is 0 Å². The number of carbonyl (C=O) groups is 2. The van der Waals surface area contributed by atoms with E-state index in [-0.39, 0.29) is 24.9 Å². The Balaban J connectivity index is 1.34. The summed E-state index contributed by atoms with van der Waals surface area (Å²) in [6.45, 7) is 1.88. The van der Waals surface area contributed by atoms with Crippen molar-refractivity contribution in [2.45, 2.75) is 12.8 Å². The van der Waals surface area contributed by atoms with E-state index in [2.05, 4.69) is 46.4 Å². The Labute approximate surface area is 175 Å². The van der Waals surface area contributed by atoms with Gasteiger partial charge in [0.25, 0.3) is 0 Å². The molecule has 1 N–H and O–H groups in total. The molecule has 5 heteroatoms. The summed E-state index contributed by atoms with van der Waals surface area (Å²) in [6, 6.07) is 18.1. The lowest BCUT2D eigenvalue weighted by atomic mass is 9.98. The van der Waals surface area contributed by atoms with Crippen molar-refractivity contribution in [3.8, 4) is 23.0 Å². The lowest BCUT2D eigenvalue weighted by Crippen LogP contribution is -2.26. The molecule has 30 heavy (non-hydrogen) atoms. The maximum absolute atomic E-state index is 12.1. The van der Waals surface area contributed by atoms with Crippen molar-refractivity contribution >= 4 is 11.9 Å². The monoisotopic (exact) mass is 396 g/mol. The molecule has 0 spiro atoms. The molecule has 0 fully saturated rings. The molecular weight excluding hydrogens is 376 g/mol. The normalized spacial score (nSPS) is 11.6. The van der Waals surface area contributed by atoms with E-state index in [1.807, 2.05) is 24.3 Å². The van der Waals surface area contributed by atoms with Gasteiger partial charge in [-0.25, -0.2) is 4.79 Å². The number of hydrogen-bond donors (Lipinski definition) is 1. The number of carbonyl (C=O) groups excluding carboxylic acids is 2. The number of ketones is 1. The van der Waals surface area contributed by atoms with Crippen molar-refractivity contribution in [1.82, 2.24) is 10.3 Å². The summed E-state index contributed by atoms with van der Waals surface area (Å²) in [7, 11) is 0. The Hall–Kier alpha value is -3.91. The third-order valence-corrected chi connectivity index (χ3v) is 5.04. The molecule has 1 heterocycles. The average molecular weight is 396 g/mol. The highest BCUT2D eigenvalue weighted by Gasteiger charge is 2.28. The van der Waals surface area contributed by atoms with Gasteiger partial charge < -0.3 is 10.1 Å². The molecule has 3 aromatic rings. The summed E-state index contributed by atoms with van der Waals surface area (Å²) in [5.74, 6) is 5.68. The molecule has 0 radical (unpaired) electrons. The van der Waals surface area contributed by atoms with E-state index in [1.54, 1.807) is 12.3 Å². The molecule has 0 atom stereocenters. The molecule has 0 saturated carbocycles. The zero-order valence-corrected chi connectivity index (χ0v) is 16.5. The summed E-state index contributed by atoms with van der Waals surface area (Å²) in [6.07, 6.45) is 2.57. The lowest BCUT2D eigenvalue weighted by molar-refractivity contribution is 0.101. The zero-order valence-electron chi connectivity index (χ0n) is 16.5. The van der Waals surface area contributed by atoms with E-state index < -0.39 is 6.09 Å². The number of ether oxygens (including phenoxy) is 1. The van der Waals surface area contributed by atoms with Gasteiger partial charge in [-0.2, -0.15) is 0 Å². The number of fused-ring (bicyclic) bond motifs is 3. The highest BCUT2D eigenvalue weighted by atomic mass is 16.5. The number of rotatable bonds is 4. The van der Waals surface area contributed by atoms with Gasteiger partial charge in [0.1, 0.15) is 6.61 Å². The van der Waals surface area contributed by atoms with Crippen LogP contribution in [0.1, 0.15) is 39.9 Å². The number of aromatic nitrogens is 1. The number of amides is 1. The topological polar surface area (TPSA) is 68.3 Å². The number of hydrogen-bond acceptors (Lipinski definition) is 4. The third-order valence-electron chi connectivity index (χ3n) is 5.04. The zero-order chi connectivity index (χ0) is 20.9. The Morgan fingerprint density at radius 2 is 1.70 bits per heavy atom. The Morgan fingerprint density at radius 3 is 2.37 bits per heavy atom.